The molecule has 2 rings (SSSR count). The van der Waals surface area contributed by atoms with E-state index in [0.29, 0.717) is 16.6 Å². The quantitative estimate of drug-likeness (QED) is 0.865. The van der Waals surface area contributed by atoms with Crippen LogP contribution in [0.5, 0.6) is 0 Å². The van der Waals surface area contributed by atoms with E-state index in [2.05, 4.69) is 23.2 Å². The minimum absolute atomic E-state index is 0.0480. The molecule has 4 nitrogen and oxygen atoms in total. The number of hydrogen-bond acceptors (Lipinski definition) is 4. The number of rotatable bonds is 4. The first-order valence-corrected chi connectivity index (χ1v) is 8.46. The summed E-state index contributed by atoms with van der Waals surface area (Å²) in [7, 11) is -3.35. The van der Waals surface area contributed by atoms with Crippen molar-refractivity contribution in [1.29, 1.82) is 0 Å². The Hall–Kier alpha value is -0.880. The third-order valence-corrected chi connectivity index (χ3v) is 5.41. The van der Waals surface area contributed by atoms with Crippen LogP contribution < -0.4 is 4.72 Å². The monoisotopic (exact) mass is 286 g/mol. The lowest BCUT2D eigenvalue weighted by Crippen LogP contribution is -2.17. The van der Waals surface area contributed by atoms with Gasteiger partial charge in [0.05, 0.1) is 11.4 Å². The fraction of sp³-hybridized carbons (Fsp3) is 0.583. The number of aryl methyl sites for hydroxylation is 1. The number of hydrogen-bond donors (Lipinski definition) is 1. The minimum atomic E-state index is -3.35. The Morgan fingerprint density at radius 3 is 3.00 bits per heavy atom. The third kappa shape index (κ3) is 3.32. The van der Waals surface area contributed by atoms with Gasteiger partial charge in [-0.1, -0.05) is 19.1 Å². The standard InChI is InChI=1S/C12H18N2O2S2/c1-8(2)7-18(15,16)14-12-13-10-5-4-9(3)6-11(10)17-12/h9H,1,4-7H2,2-3H3,(H,13,14). The van der Waals surface area contributed by atoms with Crippen LogP contribution >= 0.6 is 11.3 Å². The summed E-state index contributed by atoms with van der Waals surface area (Å²) < 4.78 is 26.1. The fourth-order valence-electron chi connectivity index (χ4n) is 2.08. The van der Waals surface area contributed by atoms with E-state index in [1.54, 1.807) is 6.92 Å². The largest absolute Gasteiger partial charge is 0.258 e. The highest BCUT2D eigenvalue weighted by atomic mass is 32.2. The molecule has 0 spiro atoms. The number of nitrogens with zero attached hydrogens (tertiary/aromatic N) is 1. The van der Waals surface area contributed by atoms with Crippen LogP contribution in [0.15, 0.2) is 12.2 Å². The molecule has 6 heteroatoms. The molecule has 0 fully saturated rings. The van der Waals surface area contributed by atoms with Gasteiger partial charge in [0.25, 0.3) is 0 Å². The van der Waals surface area contributed by atoms with Gasteiger partial charge < -0.3 is 0 Å². The maximum Gasteiger partial charge on any atom is 0.238 e. The molecule has 1 N–H and O–H groups in total. The van der Waals surface area contributed by atoms with Crippen LogP contribution in [0.25, 0.3) is 0 Å². The highest BCUT2D eigenvalue weighted by Crippen LogP contribution is 2.32. The maximum atomic E-state index is 11.8. The van der Waals surface area contributed by atoms with Gasteiger partial charge in [0.2, 0.25) is 10.0 Å². The van der Waals surface area contributed by atoms with Crippen molar-refractivity contribution in [3.63, 3.8) is 0 Å². The molecule has 0 radical (unpaired) electrons. The van der Waals surface area contributed by atoms with Crippen LogP contribution in [-0.4, -0.2) is 19.2 Å². The van der Waals surface area contributed by atoms with Gasteiger partial charge in [0, 0.05) is 4.88 Å². The summed E-state index contributed by atoms with van der Waals surface area (Å²) in [6.07, 6.45) is 3.10. The molecule has 1 heterocycles. The van der Waals surface area contributed by atoms with Crippen molar-refractivity contribution >= 4 is 26.5 Å². The van der Waals surface area contributed by atoms with Crippen LogP contribution in [0.4, 0.5) is 5.13 Å². The fourth-order valence-corrected chi connectivity index (χ4v) is 4.68. The normalized spacial score (nSPS) is 19.3. The minimum Gasteiger partial charge on any atom is -0.258 e. The van der Waals surface area contributed by atoms with Gasteiger partial charge in [0.15, 0.2) is 5.13 Å². The third-order valence-electron chi connectivity index (χ3n) is 2.87. The zero-order valence-electron chi connectivity index (χ0n) is 10.7. The maximum absolute atomic E-state index is 11.8. The lowest BCUT2D eigenvalue weighted by atomic mass is 9.93. The smallest absolute Gasteiger partial charge is 0.238 e. The van der Waals surface area contributed by atoms with Crippen molar-refractivity contribution in [2.24, 2.45) is 5.92 Å². The number of sulfonamides is 1. The molecule has 0 saturated heterocycles. The Balaban J connectivity index is 2.14. The Labute approximate surface area is 112 Å². The summed E-state index contributed by atoms with van der Waals surface area (Å²) in [5, 5.41) is 0.496. The Bertz CT molecular complexity index is 561. The molecule has 1 unspecified atom stereocenters. The van der Waals surface area contributed by atoms with Crippen molar-refractivity contribution < 1.29 is 8.42 Å². The van der Waals surface area contributed by atoms with E-state index < -0.39 is 10.0 Å². The summed E-state index contributed by atoms with van der Waals surface area (Å²) in [4.78, 5) is 5.60. The molecule has 0 bridgehead atoms. The summed E-state index contributed by atoms with van der Waals surface area (Å²) in [6, 6.07) is 0. The van der Waals surface area contributed by atoms with Crippen LogP contribution in [0.1, 0.15) is 30.8 Å². The molecular weight excluding hydrogens is 268 g/mol. The highest BCUT2D eigenvalue weighted by molar-refractivity contribution is 7.93. The van der Waals surface area contributed by atoms with Crippen LogP contribution in [0, 0.1) is 5.92 Å². The number of nitrogens with one attached hydrogen (secondary N) is 1. The number of anilines is 1. The van der Waals surface area contributed by atoms with Gasteiger partial charge in [-0.3, -0.25) is 4.72 Å². The first-order valence-electron chi connectivity index (χ1n) is 5.99. The van der Waals surface area contributed by atoms with Gasteiger partial charge in [-0.2, -0.15) is 0 Å². The second kappa shape index (κ2) is 5.01. The van der Waals surface area contributed by atoms with Crippen molar-refractivity contribution in [3.8, 4) is 0 Å². The molecule has 0 saturated carbocycles. The molecule has 1 atom stereocenters. The lowest BCUT2D eigenvalue weighted by molar-refractivity contribution is 0.502. The van der Waals surface area contributed by atoms with Gasteiger partial charge in [-0.25, -0.2) is 13.4 Å². The molecule has 1 aliphatic carbocycles. The van der Waals surface area contributed by atoms with Gasteiger partial charge in [-0.15, -0.1) is 11.3 Å². The summed E-state index contributed by atoms with van der Waals surface area (Å²) >= 11 is 1.46. The summed E-state index contributed by atoms with van der Waals surface area (Å²) in [5.41, 5.74) is 1.68. The first-order chi connectivity index (χ1) is 8.35. The average molecular weight is 286 g/mol. The van der Waals surface area contributed by atoms with E-state index in [9.17, 15) is 8.42 Å². The van der Waals surface area contributed by atoms with E-state index in [-0.39, 0.29) is 5.75 Å². The molecule has 0 aromatic carbocycles. The predicted octanol–water partition coefficient (Wildman–Crippen LogP) is 2.59. The van der Waals surface area contributed by atoms with Crippen LogP contribution in [-0.2, 0) is 22.9 Å². The zero-order chi connectivity index (χ0) is 13.3. The van der Waals surface area contributed by atoms with E-state index >= 15 is 0 Å². The van der Waals surface area contributed by atoms with Crippen molar-refractivity contribution in [1.82, 2.24) is 4.98 Å². The second-order valence-corrected chi connectivity index (χ2v) is 7.86. The molecule has 1 aromatic heterocycles. The van der Waals surface area contributed by atoms with Crippen LogP contribution in [0.2, 0.25) is 0 Å². The summed E-state index contributed by atoms with van der Waals surface area (Å²) in [6.45, 7) is 7.54. The van der Waals surface area contributed by atoms with Gasteiger partial charge >= 0.3 is 0 Å². The zero-order valence-corrected chi connectivity index (χ0v) is 12.3. The number of aromatic nitrogens is 1. The highest BCUT2D eigenvalue weighted by Gasteiger charge is 2.21. The van der Waals surface area contributed by atoms with Crippen molar-refractivity contribution in [2.45, 2.75) is 33.1 Å². The molecule has 0 amide bonds. The van der Waals surface area contributed by atoms with E-state index in [4.69, 9.17) is 0 Å². The molecule has 1 aromatic rings. The Kier molecular flexibility index (Phi) is 3.77. The second-order valence-electron chi connectivity index (χ2n) is 5.06. The lowest BCUT2D eigenvalue weighted by Gasteiger charge is -2.15. The molecular formula is C12H18N2O2S2. The van der Waals surface area contributed by atoms with Crippen molar-refractivity contribution in [3.05, 3.63) is 22.7 Å². The molecule has 1 aliphatic rings. The topological polar surface area (TPSA) is 59.1 Å². The van der Waals surface area contributed by atoms with Crippen molar-refractivity contribution in [2.75, 3.05) is 10.5 Å². The molecule has 0 aliphatic heterocycles. The van der Waals surface area contributed by atoms with E-state index in [1.165, 1.54) is 16.2 Å². The predicted molar refractivity (Wildman–Crippen MR) is 75.5 cm³/mol. The van der Waals surface area contributed by atoms with Crippen LogP contribution in [0.3, 0.4) is 0 Å². The molecule has 100 valence electrons. The van der Waals surface area contributed by atoms with Gasteiger partial charge in [-0.05, 0) is 32.1 Å². The Morgan fingerprint density at radius 2 is 2.33 bits per heavy atom. The summed E-state index contributed by atoms with van der Waals surface area (Å²) in [5.74, 6) is 0.617. The van der Waals surface area contributed by atoms with E-state index in [1.807, 2.05) is 0 Å². The van der Waals surface area contributed by atoms with E-state index in [0.717, 1.165) is 25.0 Å². The number of fused-ring (bicyclic) bond motifs is 1. The molecule has 18 heavy (non-hydrogen) atoms. The van der Waals surface area contributed by atoms with Gasteiger partial charge in [0.1, 0.15) is 0 Å². The average Bonchev–Trinajstić information content (AvgIpc) is 2.55. The number of thiazole rings is 1. The Morgan fingerprint density at radius 1 is 1.61 bits per heavy atom. The SMILES string of the molecule is C=C(C)CS(=O)(=O)Nc1nc2c(s1)CC(C)CC2. The first kappa shape index (κ1) is 13.5.